The first-order valence-electron chi connectivity index (χ1n) is 4.52. The summed E-state index contributed by atoms with van der Waals surface area (Å²) >= 11 is 1.91. The van der Waals surface area contributed by atoms with Gasteiger partial charge in [0.25, 0.3) is 0 Å². The van der Waals surface area contributed by atoms with Gasteiger partial charge >= 0.3 is 0 Å². The van der Waals surface area contributed by atoms with E-state index >= 15 is 0 Å². The SMILES string of the molecule is Cc1ccc(C2NC(C)(C)CS2)o1. The second-order valence-electron chi connectivity index (χ2n) is 4.17. The van der Waals surface area contributed by atoms with Crippen molar-refractivity contribution in [3.63, 3.8) is 0 Å². The third-order valence-electron chi connectivity index (χ3n) is 2.15. The van der Waals surface area contributed by atoms with Crippen molar-refractivity contribution in [2.45, 2.75) is 31.7 Å². The minimum Gasteiger partial charge on any atom is -0.464 e. The van der Waals surface area contributed by atoms with E-state index in [1.807, 2.05) is 24.8 Å². The molecule has 72 valence electrons. The van der Waals surface area contributed by atoms with Gasteiger partial charge in [0.05, 0.1) is 0 Å². The van der Waals surface area contributed by atoms with E-state index in [-0.39, 0.29) is 5.54 Å². The Bertz CT molecular complexity index is 306. The highest BCUT2D eigenvalue weighted by Gasteiger charge is 2.32. The van der Waals surface area contributed by atoms with Gasteiger partial charge in [-0.1, -0.05) is 0 Å². The Labute approximate surface area is 83.1 Å². The van der Waals surface area contributed by atoms with Gasteiger partial charge < -0.3 is 4.42 Å². The molecule has 0 aliphatic carbocycles. The zero-order valence-corrected chi connectivity index (χ0v) is 9.07. The molecule has 1 atom stereocenters. The first kappa shape index (κ1) is 9.16. The van der Waals surface area contributed by atoms with Gasteiger partial charge in [0.2, 0.25) is 0 Å². The molecule has 0 amide bonds. The maximum atomic E-state index is 5.58. The monoisotopic (exact) mass is 197 g/mol. The quantitative estimate of drug-likeness (QED) is 0.749. The van der Waals surface area contributed by atoms with Crippen LogP contribution in [0.4, 0.5) is 0 Å². The smallest absolute Gasteiger partial charge is 0.131 e. The molecule has 1 unspecified atom stereocenters. The maximum absolute atomic E-state index is 5.58. The molecule has 0 saturated carbocycles. The lowest BCUT2D eigenvalue weighted by molar-refractivity contribution is 0.401. The summed E-state index contributed by atoms with van der Waals surface area (Å²) in [5.41, 5.74) is 0.232. The van der Waals surface area contributed by atoms with Crippen LogP contribution in [0, 0.1) is 6.92 Å². The molecule has 1 aliphatic rings. The molecular weight excluding hydrogens is 182 g/mol. The Morgan fingerprint density at radius 2 is 2.31 bits per heavy atom. The molecule has 0 aromatic carbocycles. The normalized spacial score (nSPS) is 26.5. The van der Waals surface area contributed by atoms with Crippen molar-refractivity contribution in [1.29, 1.82) is 0 Å². The average molecular weight is 197 g/mol. The number of hydrogen-bond acceptors (Lipinski definition) is 3. The molecular formula is C10H15NOS. The van der Waals surface area contributed by atoms with Crippen LogP contribution in [0.1, 0.15) is 30.7 Å². The Hall–Kier alpha value is -0.410. The number of nitrogens with one attached hydrogen (secondary N) is 1. The van der Waals surface area contributed by atoms with Gasteiger partial charge in [0, 0.05) is 11.3 Å². The average Bonchev–Trinajstić information content (AvgIpc) is 2.56. The lowest BCUT2D eigenvalue weighted by atomic mass is 10.1. The molecule has 1 fully saturated rings. The van der Waals surface area contributed by atoms with Crippen molar-refractivity contribution < 1.29 is 4.42 Å². The van der Waals surface area contributed by atoms with E-state index in [1.54, 1.807) is 0 Å². The molecule has 1 aromatic rings. The van der Waals surface area contributed by atoms with Crippen molar-refractivity contribution in [1.82, 2.24) is 5.32 Å². The molecule has 13 heavy (non-hydrogen) atoms. The van der Waals surface area contributed by atoms with Crippen LogP contribution >= 0.6 is 11.8 Å². The Morgan fingerprint density at radius 3 is 2.77 bits per heavy atom. The molecule has 2 nitrogen and oxygen atoms in total. The maximum Gasteiger partial charge on any atom is 0.131 e. The van der Waals surface area contributed by atoms with Crippen molar-refractivity contribution in [3.05, 3.63) is 23.7 Å². The fraction of sp³-hybridized carbons (Fsp3) is 0.600. The van der Waals surface area contributed by atoms with E-state index in [4.69, 9.17) is 4.42 Å². The molecule has 1 aromatic heterocycles. The summed E-state index contributed by atoms with van der Waals surface area (Å²) in [6.45, 7) is 6.42. The van der Waals surface area contributed by atoms with Gasteiger partial charge in [0.1, 0.15) is 16.9 Å². The molecule has 1 saturated heterocycles. The van der Waals surface area contributed by atoms with Crippen molar-refractivity contribution >= 4 is 11.8 Å². The van der Waals surface area contributed by atoms with Crippen LogP contribution in [-0.2, 0) is 0 Å². The Morgan fingerprint density at radius 1 is 1.54 bits per heavy atom. The topological polar surface area (TPSA) is 25.2 Å². The van der Waals surface area contributed by atoms with Gasteiger partial charge in [-0.3, -0.25) is 5.32 Å². The standard InChI is InChI=1S/C10H15NOS/c1-7-4-5-8(12-7)9-11-10(2,3)6-13-9/h4-5,9,11H,6H2,1-3H3. The molecule has 2 heterocycles. The molecule has 0 radical (unpaired) electrons. The zero-order valence-electron chi connectivity index (χ0n) is 8.26. The molecule has 3 heteroatoms. The largest absolute Gasteiger partial charge is 0.464 e. The van der Waals surface area contributed by atoms with Crippen molar-refractivity contribution in [2.75, 3.05) is 5.75 Å². The number of rotatable bonds is 1. The minimum atomic E-state index is 0.232. The summed E-state index contributed by atoms with van der Waals surface area (Å²) in [6, 6.07) is 4.07. The Balaban J connectivity index is 2.12. The first-order chi connectivity index (χ1) is 6.07. The molecule has 0 spiro atoms. The summed E-state index contributed by atoms with van der Waals surface area (Å²) < 4.78 is 5.58. The van der Waals surface area contributed by atoms with Crippen molar-refractivity contribution in [3.8, 4) is 0 Å². The molecule has 2 rings (SSSR count). The second kappa shape index (κ2) is 3.07. The van der Waals surface area contributed by atoms with Gasteiger partial charge in [-0.05, 0) is 32.9 Å². The van der Waals surface area contributed by atoms with E-state index in [0.717, 1.165) is 17.3 Å². The van der Waals surface area contributed by atoms with Crippen LogP contribution in [-0.4, -0.2) is 11.3 Å². The van der Waals surface area contributed by atoms with Crippen molar-refractivity contribution in [2.24, 2.45) is 0 Å². The van der Waals surface area contributed by atoms with Crippen LogP contribution in [0.3, 0.4) is 0 Å². The van der Waals surface area contributed by atoms with E-state index in [9.17, 15) is 0 Å². The second-order valence-corrected chi connectivity index (χ2v) is 5.26. The lowest BCUT2D eigenvalue weighted by Gasteiger charge is -2.17. The van der Waals surface area contributed by atoms with Crippen LogP contribution in [0.25, 0.3) is 0 Å². The van der Waals surface area contributed by atoms with Crippen LogP contribution in [0.2, 0.25) is 0 Å². The van der Waals surface area contributed by atoms with Gasteiger partial charge in [0.15, 0.2) is 0 Å². The van der Waals surface area contributed by atoms with E-state index in [2.05, 4.69) is 25.2 Å². The van der Waals surface area contributed by atoms with Gasteiger partial charge in [-0.2, -0.15) is 0 Å². The lowest BCUT2D eigenvalue weighted by Crippen LogP contribution is -2.35. The number of aryl methyl sites for hydroxylation is 1. The van der Waals surface area contributed by atoms with Crippen LogP contribution in [0.5, 0.6) is 0 Å². The van der Waals surface area contributed by atoms with Gasteiger partial charge in [-0.25, -0.2) is 0 Å². The predicted molar refractivity (Wildman–Crippen MR) is 55.9 cm³/mol. The summed E-state index contributed by atoms with van der Waals surface area (Å²) in [4.78, 5) is 0. The fourth-order valence-corrected chi connectivity index (χ4v) is 2.84. The zero-order chi connectivity index (χ0) is 9.47. The first-order valence-corrected chi connectivity index (χ1v) is 5.57. The summed E-state index contributed by atoms with van der Waals surface area (Å²) in [7, 11) is 0. The molecule has 1 N–H and O–H groups in total. The third kappa shape index (κ3) is 1.92. The van der Waals surface area contributed by atoms with E-state index < -0.39 is 0 Å². The minimum absolute atomic E-state index is 0.232. The highest BCUT2D eigenvalue weighted by atomic mass is 32.2. The van der Waals surface area contributed by atoms with E-state index in [0.29, 0.717) is 5.37 Å². The predicted octanol–water partition coefficient (Wildman–Crippen LogP) is 2.70. The Kier molecular flexibility index (Phi) is 2.16. The highest BCUT2D eigenvalue weighted by molar-refractivity contribution is 7.99. The summed E-state index contributed by atoms with van der Waals surface area (Å²) in [6.07, 6.45) is 0. The van der Waals surface area contributed by atoms with Crippen LogP contribution in [0.15, 0.2) is 16.5 Å². The third-order valence-corrected chi connectivity index (χ3v) is 3.72. The number of thioether (sulfide) groups is 1. The van der Waals surface area contributed by atoms with Crippen LogP contribution < -0.4 is 5.32 Å². The highest BCUT2D eigenvalue weighted by Crippen LogP contribution is 2.37. The molecule has 0 bridgehead atoms. The number of hydrogen-bond donors (Lipinski definition) is 1. The van der Waals surface area contributed by atoms with E-state index in [1.165, 1.54) is 0 Å². The summed E-state index contributed by atoms with van der Waals surface area (Å²) in [5, 5.41) is 3.87. The van der Waals surface area contributed by atoms with Gasteiger partial charge in [-0.15, -0.1) is 11.8 Å². The number of furan rings is 1. The molecule has 1 aliphatic heterocycles. The summed E-state index contributed by atoms with van der Waals surface area (Å²) in [5.74, 6) is 3.17. The fourth-order valence-electron chi connectivity index (χ4n) is 1.48.